The largest absolute Gasteiger partial charge is 0.507 e. The van der Waals surface area contributed by atoms with Gasteiger partial charge in [0.05, 0.1) is 25.8 Å². The molecule has 0 aromatic heterocycles. The third-order valence-corrected chi connectivity index (χ3v) is 4.65. The van der Waals surface area contributed by atoms with Gasteiger partial charge in [-0.15, -0.1) is 6.58 Å². The lowest BCUT2D eigenvalue weighted by Gasteiger charge is -2.25. The van der Waals surface area contributed by atoms with Gasteiger partial charge >= 0.3 is 0 Å². The normalized spacial score (nSPS) is 18.2. The SMILES string of the molecule is C=CCN1C(=O)C(=O)C(=C(O)c2ccccc2)C1c1ccc(OC)cc1OC. The highest BCUT2D eigenvalue weighted by Gasteiger charge is 2.46. The molecule has 2 aromatic carbocycles. The van der Waals surface area contributed by atoms with Crippen molar-refractivity contribution < 1.29 is 24.2 Å². The molecule has 1 amide bonds. The quantitative estimate of drug-likeness (QED) is 0.361. The van der Waals surface area contributed by atoms with Gasteiger partial charge in [-0.2, -0.15) is 0 Å². The molecule has 1 aliphatic rings. The van der Waals surface area contributed by atoms with Crippen LogP contribution >= 0.6 is 0 Å². The molecule has 0 bridgehead atoms. The lowest BCUT2D eigenvalue weighted by molar-refractivity contribution is -0.139. The van der Waals surface area contributed by atoms with Crippen molar-refractivity contribution in [1.29, 1.82) is 0 Å². The first-order valence-electron chi connectivity index (χ1n) is 8.70. The highest BCUT2D eigenvalue weighted by atomic mass is 16.5. The van der Waals surface area contributed by atoms with E-state index >= 15 is 0 Å². The molecule has 1 saturated heterocycles. The maximum Gasteiger partial charge on any atom is 0.295 e. The van der Waals surface area contributed by atoms with E-state index in [2.05, 4.69) is 6.58 Å². The molecule has 1 atom stereocenters. The first kappa shape index (κ1) is 19.2. The number of ether oxygens (including phenoxy) is 2. The van der Waals surface area contributed by atoms with Crippen LogP contribution in [0.1, 0.15) is 17.2 Å². The fourth-order valence-corrected chi connectivity index (χ4v) is 3.33. The number of hydrogen-bond donors (Lipinski definition) is 1. The van der Waals surface area contributed by atoms with Crippen LogP contribution in [-0.4, -0.2) is 42.5 Å². The van der Waals surface area contributed by atoms with Gasteiger partial charge < -0.3 is 19.5 Å². The van der Waals surface area contributed by atoms with Crippen LogP contribution in [0.15, 0.2) is 66.8 Å². The zero-order valence-electron chi connectivity index (χ0n) is 15.7. The molecule has 1 unspecified atom stereocenters. The van der Waals surface area contributed by atoms with Gasteiger partial charge in [-0.25, -0.2) is 0 Å². The second-order valence-corrected chi connectivity index (χ2v) is 6.21. The topological polar surface area (TPSA) is 76.1 Å². The number of methoxy groups -OCH3 is 2. The van der Waals surface area contributed by atoms with Crippen LogP contribution in [0.3, 0.4) is 0 Å². The monoisotopic (exact) mass is 379 g/mol. The number of likely N-dealkylation sites (tertiary alicyclic amines) is 1. The fourth-order valence-electron chi connectivity index (χ4n) is 3.33. The number of carbonyl (C=O) groups is 2. The Balaban J connectivity index is 2.25. The molecule has 6 nitrogen and oxygen atoms in total. The molecule has 144 valence electrons. The Bertz CT molecular complexity index is 949. The zero-order valence-corrected chi connectivity index (χ0v) is 15.7. The van der Waals surface area contributed by atoms with Crippen molar-refractivity contribution in [3.63, 3.8) is 0 Å². The molecule has 0 spiro atoms. The predicted molar refractivity (Wildman–Crippen MR) is 105 cm³/mol. The highest BCUT2D eigenvalue weighted by molar-refractivity contribution is 6.46. The van der Waals surface area contributed by atoms with E-state index in [1.165, 1.54) is 25.2 Å². The minimum absolute atomic E-state index is 0.0153. The number of amides is 1. The molecule has 0 radical (unpaired) electrons. The van der Waals surface area contributed by atoms with Crippen molar-refractivity contribution in [2.45, 2.75) is 6.04 Å². The fraction of sp³-hybridized carbons (Fsp3) is 0.182. The number of ketones is 1. The first-order chi connectivity index (χ1) is 13.5. The average molecular weight is 379 g/mol. The summed E-state index contributed by atoms with van der Waals surface area (Å²) in [6, 6.07) is 13.0. The van der Waals surface area contributed by atoms with E-state index in [9.17, 15) is 14.7 Å². The van der Waals surface area contributed by atoms with Crippen molar-refractivity contribution in [3.05, 3.63) is 77.9 Å². The van der Waals surface area contributed by atoms with Crippen LogP contribution in [0.5, 0.6) is 11.5 Å². The van der Waals surface area contributed by atoms with Crippen LogP contribution in [0, 0.1) is 0 Å². The van der Waals surface area contributed by atoms with Gasteiger partial charge in [-0.3, -0.25) is 9.59 Å². The number of benzene rings is 2. The van der Waals surface area contributed by atoms with Crippen LogP contribution in [0.2, 0.25) is 0 Å². The number of nitrogens with zero attached hydrogens (tertiary/aromatic N) is 1. The summed E-state index contributed by atoms with van der Waals surface area (Å²) < 4.78 is 10.7. The third kappa shape index (κ3) is 3.24. The van der Waals surface area contributed by atoms with Crippen molar-refractivity contribution in [2.24, 2.45) is 0 Å². The lowest BCUT2D eigenvalue weighted by Crippen LogP contribution is -2.29. The number of aliphatic hydroxyl groups excluding tert-OH is 1. The molecule has 1 N–H and O–H groups in total. The number of Topliss-reactive ketones (excluding diaryl/α,β-unsaturated/α-hetero) is 1. The molecule has 1 fully saturated rings. The summed E-state index contributed by atoms with van der Waals surface area (Å²) >= 11 is 0. The van der Waals surface area contributed by atoms with Gasteiger partial charge in [0.25, 0.3) is 11.7 Å². The third-order valence-electron chi connectivity index (χ3n) is 4.65. The summed E-state index contributed by atoms with van der Waals surface area (Å²) in [5.41, 5.74) is 1.04. The van der Waals surface area contributed by atoms with Crippen LogP contribution in [-0.2, 0) is 9.59 Å². The number of rotatable bonds is 6. The van der Waals surface area contributed by atoms with E-state index in [-0.39, 0.29) is 17.9 Å². The van der Waals surface area contributed by atoms with Crippen LogP contribution in [0.4, 0.5) is 0 Å². The molecular weight excluding hydrogens is 358 g/mol. The Morgan fingerprint density at radius 1 is 1.14 bits per heavy atom. The molecule has 2 aromatic rings. The summed E-state index contributed by atoms with van der Waals surface area (Å²) in [6.07, 6.45) is 1.54. The van der Waals surface area contributed by atoms with Gasteiger partial charge in [0.15, 0.2) is 0 Å². The molecule has 1 heterocycles. The number of carbonyl (C=O) groups excluding carboxylic acids is 2. The summed E-state index contributed by atoms with van der Waals surface area (Å²) in [6.45, 7) is 3.82. The molecule has 0 aliphatic carbocycles. The van der Waals surface area contributed by atoms with Gasteiger partial charge in [0.1, 0.15) is 17.3 Å². The lowest BCUT2D eigenvalue weighted by atomic mass is 9.94. The first-order valence-corrected chi connectivity index (χ1v) is 8.70. The Morgan fingerprint density at radius 3 is 2.46 bits per heavy atom. The maximum absolute atomic E-state index is 12.8. The van der Waals surface area contributed by atoms with Gasteiger partial charge in [-0.1, -0.05) is 36.4 Å². The van der Waals surface area contributed by atoms with Crippen LogP contribution < -0.4 is 9.47 Å². The van der Waals surface area contributed by atoms with Crippen molar-refractivity contribution >= 4 is 17.4 Å². The molecule has 3 rings (SSSR count). The van der Waals surface area contributed by atoms with E-state index in [1.807, 2.05) is 0 Å². The van der Waals surface area contributed by atoms with Crippen molar-refractivity contribution in [3.8, 4) is 11.5 Å². The average Bonchev–Trinajstić information content (AvgIpc) is 2.98. The molecular formula is C22H21NO5. The van der Waals surface area contributed by atoms with Gasteiger partial charge in [-0.05, 0) is 12.1 Å². The van der Waals surface area contributed by atoms with E-state index in [1.54, 1.807) is 48.5 Å². The Hall–Kier alpha value is -3.54. The Kier molecular flexibility index (Phi) is 5.49. The minimum atomic E-state index is -0.806. The molecule has 0 saturated carbocycles. The summed E-state index contributed by atoms with van der Waals surface area (Å²) in [4.78, 5) is 26.8. The van der Waals surface area contributed by atoms with E-state index < -0.39 is 17.7 Å². The minimum Gasteiger partial charge on any atom is -0.507 e. The number of aliphatic hydroxyl groups is 1. The Morgan fingerprint density at radius 2 is 1.86 bits per heavy atom. The smallest absolute Gasteiger partial charge is 0.295 e. The second-order valence-electron chi connectivity index (χ2n) is 6.21. The van der Waals surface area contributed by atoms with Gasteiger partial charge in [0, 0.05) is 23.7 Å². The molecule has 1 aliphatic heterocycles. The molecule has 6 heteroatoms. The Labute approximate surface area is 163 Å². The second kappa shape index (κ2) is 8.00. The summed E-state index contributed by atoms with van der Waals surface area (Å²) in [7, 11) is 3.03. The van der Waals surface area contributed by atoms with E-state index in [4.69, 9.17) is 9.47 Å². The van der Waals surface area contributed by atoms with Crippen LogP contribution in [0.25, 0.3) is 5.76 Å². The van der Waals surface area contributed by atoms with E-state index in [0.717, 1.165) is 0 Å². The van der Waals surface area contributed by atoms with E-state index in [0.29, 0.717) is 22.6 Å². The summed E-state index contributed by atoms with van der Waals surface area (Å²) in [5.74, 6) is -0.650. The zero-order chi connectivity index (χ0) is 20.3. The predicted octanol–water partition coefficient (Wildman–Crippen LogP) is 3.31. The van der Waals surface area contributed by atoms with Crippen molar-refractivity contribution in [1.82, 2.24) is 4.90 Å². The highest BCUT2D eigenvalue weighted by Crippen LogP contribution is 2.43. The molecule has 28 heavy (non-hydrogen) atoms. The van der Waals surface area contributed by atoms with Gasteiger partial charge in [0.2, 0.25) is 0 Å². The summed E-state index contributed by atoms with van der Waals surface area (Å²) in [5, 5.41) is 10.9. The van der Waals surface area contributed by atoms with Crippen molar-refractivity contribution in [2.75, 3.05) is 20.8 Å². The maximum atomic E-state index is 12.8. The number of hydrogen-bond acceptors (Lipinski definition) is 5. The standard InChI is InChI=1S/C22H21NO5/c1-4-12-23-19(16-11-10-15(27-2)13-17(16)28-3)18(21(25)22(23)26)20(24)14-8-6-5-7-9-14/h4-11,13,19,24H,1,12H2,2-3H3.